The number of halogens is 2. The number of nitrogens with zero attached hydrogens (tertiary/aromatic N) is 3. The molecule has 1 aliphatic rings. The molecule has 1 amide bonds. The lowest BCUT2D eigenvalue weighted by Crippen LogP contribution is -2.42. The minimum Gasteiger partial charge on any atom is -0.451 e. The Morgan fingerprint density at radius 1 is 1.50 bits per heavy atom. The molecule has 0 aromatic heterocycles. The van der Waals surface area contributed by atoms with Gasteiger partial charge in [-0.25, -0.2) is 9.18 Å². The van der Waals surface area contributed by atoms with E-state index in [4.69, 9.17) is 20.7 Å². The molecule has 3 N–H and O–H groups in total. The smallest absolute Gasteiger partial charge is 0.338 e. The van der Waals surface area contributed by atoms with Crippen molar-refractivity contribution < 1.29 is 23.5 Å². The van der Waals surface area contributed by atoms with Crippen LogP contribution >= 0.6 is 22.6 Å². The highest BCUT2D eigenvalue weighted by atomic mass is 127. The number of ether oxygens (including phenoxy) is 2. The Kier molecular flexibility index (Phi) is 6.77. The second-order valence-electron chi connectivity index (χ2n) is 5.25. The maximum absolute atomic E-state index is 15.0. The highest BCUT2D eigenvalue weighted by molar-refractivity contribution is 14.1. The first kappa shape index (κ1) is 19.9. The maximum atomic E-state index is 15.0. The number of benzene rings is 1. The zero-order chi connectivity index (χ0) is 19.2. The molecule has 0 aliphatic carbocycles. The van der Waals surface area contributed by atoms with E-state index in [0.29, 0.717) is 0 Å². The average molecular weight is 475 g/mol. The summed E-state index contributed by atoms with van der Waals surface area (Å²) in [5, 5.41) is 6.00. The van der Waals surface area contributed by atoms with E-state index in [0.717, 1.165) is 12.3 Å². The molecule has 0 saturated carbocycles. The summed E-state index contributed by atoms with van der Waals surface area (Å²) in [6, 6.07) is 8.01. The van der Waals surface area contributed by atoms with E-state index in [1.54, 1.807) is 40.8 Å². The van der Waals surface area contributed by atoms with E-state index >= 15 is 0 Å². The molecule has 26 heavy (non-hydrogen) atoms. The normalized spacial score (nSPS) is 27.7. The molecular weight excluding hydrogens is 460 g/mol. The van der Waals surface area contributed by atoms with Crippen LogP contribution in [0.3, 0.4) is 0 Å². The SMILES string of the molecule is [N-]=[N+]=N[C@]1(CI)O[C@@H](N/C=C\C(N)=O)[C@H](OC(=O)c2ccccc2)[C@@H]1F. The fourth-order valence-corrected chi connectivity index (χ4v) is 3.04. The predicted molar refractivity (Wildman–Crippen MR) is 97.6 cm³/mol. The number of azide groups is 1. The number of hydrogen-bond donors (Lipinski definition) is 2. The summed E-state index contributed by atoms with van der Waals surface area (Å²) in [6.45, 7) is 0. The number of carbonyl (C=O) groups is 2. The number of nitrogens with two attached hydrogens (primary N) is 1. The van der Waals surface area contributed by atoms with Crippen molar-refractivity contribution >= 4 is 34.5 Å². The molecule has 1 heterocycles. The number of carbonyl (C=O) groups excluding carboxylic acids is 2. The molecule has 1 saturated heterocycles. The van der Waals surface area contributed by atoms with Crippen molar-refractivity contribution in [1.29, 1.82) is 0 Å². The Balaban J connectivity index is 2.26. The summed E-state index contributed by atoms with van der Waals surface area (Å²) >= 11 is 1.80. The molecule has 4 atom stereocenters. The molecule has 0 unspecified atom stereocenters. The third-order valence-electron chi connectivity index (χ3n) is 3.51. The van der Waals surface area contributed by atoms with Gasteiger partial charge in [-0.15, -0.1) is 0 Å². The standard InChI is InChI=1S/C15H15FIN5O4/c16-12-11(25-14(24)9-4-2-1-3-5-9)13(20-7-6-10(18)23)26-15(12,8-17)21-22-19/h1-7,11-13,20H,8H2,(H2,18,23)/b7-6-/t11-,12+,13-,15-/m1/s1. The summed E-state index contributed by atoms with van der Waals surface area (Å²) < 4.78 is 25.7. The zero-order valence-corrected chi connectivity index (χ0v) is 15.4. The van der Waals surface area contributed by atoms with Crippen molar-refractivity contribution in [2.45, 2.75) is 24.2 Å². The molecule has 9 nitrogen and oxygen atoms in total. The van der Waals surface area contributed by atoms with E-state index in [1.807, 2.05) is 0 Å². The largest absolute Gasteiger partial charge is 0.451 e. The summed E-state index contributed by atoms with van der Waals surface area (Å²) in [5.41, 5.74) is 12.1. The number of amides is 1. The molecule has 2 rings (SSSR count). The van der Waals surface area contributed by atoms with Crippen molar-refractivity contribution in [2.24, 2.45) is 10.8 Å². The second kappa shape index (κ2) is 8.83. The maximum Gasteiger partial charge on any atom is 0.338 e. The predicted octanol–water partition coefficient (Wildman–Crippen LogP) is 1.94. The first-order chi connectivity index (χ1) is 12.4. The third kappa shape index (κ3) is 4.42. The van der Waals surface area contributed by atoms with E-state index in [1.165, 1.54) is 12.1 Å². The minimum absolute atomic E-state index is 0.0207. The lowest BCUT2D eigenvalue weighted by atomic mass is 10.1. The fourth-order valence-electron chi connectivity index (χ4n) is 2.29. The minimum atomic E-state index is -1.93. The third-order valence-corrected chi connectivity index (χ3v) is 4.61. The molecule has 1 aromatic carbocycles. The van der Waals surface area contributed by atoms with Gasteiger partial charge in [0.25, 0.3) is 0 Å². The average Bonchev–Trinajstić information content (AvgIpc) is 2.88. The van der Waals surface area contributed by atoms with E-state index in [-0.39, 0.29) is 9.99 Å². The molecule has 138 valence electrons. The summed E-state index contributed by atoms with van der Waals surface area (Å²) in [7, 11) is 0. The number of esters is 1. The second-order valence-corrected chi connectivity index (χ2v) is 6.01. The van der Waals surface area contributed by atoms with Gasteiger partial charge in [-0.1, -0.05) is 45.9 Å². The number of rotatable bonds is 7. The van der Waals surface area contributed by atoms with Crippen molar-refractivity contribution in [3.63, 3.8) is 0 Å². The van der Waals surface area contributed by atoms with Crippen LogP contribution in [0.5, 0.6) is 0 Å². The number of hydrogen-bond acceptors (Lipinski definition) is 6. The van der Waals surface area contributed by atoms with Gasteiger partial charge in [-0.2, -0.15) is 0 Å². The first-order valence-electron chi connectivity index (χ1n) is 7.35. The summed E-state index contributed by atoms with van der Waals surface area (Å²) in [4.78, 5) is 25.7. The number of alkyl halides is 2. The van der Waals surface area contributed by atoms with E-state index in [9.17, 15) is 14.0 Å². The van der Waals surface area contributed by atoms with Gasteiger partial charge < -0.3 is 20.5 Å². The van der Waals surface area contributed by atoms with Gasteiger partial charge in [0.05, 0.1) is 5.56 Å². The van der Waals surface area contributed by atoms with Crippen LogP contribution in [0, 0.1) is 0 Å². The number of primary amides is 1. The fraction of sp³-hybridized carbons (Fsp3) is 0.333. The molecule has 0 bridgehead atoms. The Morgan fingerprint density at radius 3 is 2.77 bits per heavy atom. The van der Waals surface area contributed by atoms with Crippen molar-refractivity contribution in [3.8, 4) is 0 Å². The summed E-state index contributed by atoms with van der Waals surface area (Å²) in [6.07, 6.45) is -2.40. The highest BCUT2D eigenvalue weighted by Gasteiger charge is 2.57. The van der Waals surface area contributed by atoms with Gasteiger partial charge in [0.2, 0.25) is 5.91 Å². The molecule has 0 radical (unpaired) electrons. The van der Waals surface area contributed by atoms with Crippen LogP contribution in [0.15, 0.2) is 47.7 Å². The Bertz CT molecular complexity index is 743. The molecule has 1 aliphatic heterocycles. The van der Waals surface area contributed by atoms with Crippen LogP contribution < -0.4 is 11.1 Å². The molecular formula is C15H15FIN5O4. The van der Waals surface area contributed by atoms with Crippen molar-refractivity contribution in [2.75, 3.05) is 4.43 Å². The van der Waals surface area contributed by atoms with Crippen molar-refractivity contribution in [3.05, 3.63) is 58.6 Å². The van der Waals surface area contributed by atoms with Crippen LogP contribution in [-0.4, -0.2) is 40.5 Å². The monoisotopic (exact) mass is 475 g/mol. The van der Waals surface area contributed by atoms with E-state index in [2.05, 4.69) is 15.3 Å². The van der Waals surface area contributed by atoms with Crippen LogP contribution in [0.1, 0.15) is 10.4 Å². The van der Waals surface area contributed by atoms with Gasteiger partial charge in [0, 0.05) is 21.6 Å². The van der Waals surface area contributed by atoms with E-state index < -0.39 is 36.1 Å². The number of nitrogens with one attached hydrogen (secondary N) is 1. The van der Waals surface area contributed by atoms with Gasteiger partial charge in [-0.3, -0.25) is 4.79 Å². The summed E-state index contributed by atoms with van der Waals surface area (Å²) in [5.74, 6) is -1.50. The van der Waals surface area contributed by atoms with Crippen LogP contribution in [0.2, 0.25) is 0 Å². The van der Waals surface area contributed by atoms with Gasteiger partial charge >= 0.3 is 5.97 Å². The Hall–Kier alpha value is -2.37. The Labute approximate surface area is 161 Å². The molecule has 1 aromatic rings. The van der Waals surface area contributed by atoms with Gasteiger partial charge in [-0.05, 0) is 17.7 Å². The van der Waals surface area contributed by atoms with Crippen LogP contribution in [-0.2, 0) is 14.3 Å². The van der Waals surface area contributed by atoms with Gasteiger partial charge in [0.15, 0.2) is 24.2 Å². The van der Waals surface area contributed by atoms with Gasteiger partial charge in [0.1, 0.15) is 0 Å². The highest BCUT2D eigenvalue weighted by Crippen LogP contribution is 2.38. The molecule has 11 heteroatoms. The van der Waals surface area contributed by atoms with Crippen LogP contribution in [0.4, 0.5) is 4.39 Å². The molecule has 1 fully saturated rings. The zero-order valence-electron chi connectivity index (χ0n) is 13.3. The Morgan fingerprint density at radius 2 is 2.19 bits per heavy atom. The topological polar surface area (TPSA) is 139 Å². The van der Waals surface area contributed by atoms with Crippen molar-refractivity contribution in [1.82, 2.24) is 5.32 Å². The lowest BCUT2D eigenvalue weighted by molar-refractivity contribution is -0.113. The first-order valence-corrected chi connectivity index (χ1v) is 8.88. The van der Waals surface area contributed by atoms with Crippen LogP contribution in [0.25, 0.3) is 10.4 Å². The quantitative estimate of drug-likeness (QED) is 0.118. The molecule has 0 spiro atoms. The lowest BCUT2D eigenvalue weighted by Gasteiger charge is -2.22.